The number of hydrogen-bond donors (Lipinski definition) is 0. The molecule has 29 heavy (non-hydrogen) atoms. The van der Waals surface area contributed by atoms with E-state index in [2.05, 4.69) is 54.3 Å². The first-order valence-corrected chi connectivity index (χ1v) is 10.4. The highest BCUT2D eigenvalue weighted by Gasteiger charge is 2.33. The van der Waals surface area contributed by atoms with E-state index in [-0.39, 0.29) is 11.6 Å². The van der Waals surface area contributed by atoms with E-state index >= 15 is 0 Å². The zero-order valence-electron chi connectivity index (χ0n) is 16.3. The topological polar surface area (TPSA) is 37.6 Å². The van der Waals surface area contributed by atoms with E-state index in [1.165, 1.54) is 33.6 Å². The van der Waals surface area contributed by atoms with Crippen LogP contribution in [0.15, 0.2) is 71.7 Å². The quantitative estimate of drug-likeness (QED) is 0.458. The lowest BCUT2D eigenvalue weighted by Crippen LogP contribution is -2.30. The van der Waals surface area contributed by atoms with Gasteiger partial charge in [0.15, 0.2) is 0 Å². The van der Waals surface area contributed by atoms with E-state index < -0.39 is 0 Å². The Bertz CT molecular complexity index is 1260. The van der Waals surface area contributed by atoms with E-state index in [9.17, 15) is 4.79 Å². The zero-order chi connectivity index (χ0) is 20.0. The van der Waals surface area contributed by atoms with Crippen LogP contribution < -0.4 is 5.56 Å². The maximum Gasteiger partial charge on any atom is 0.258 e. The van der Waals surface area contributed by atoms with Gasteiger partial charge in [0.25, 0.3) is 5.56 Å². The van der Waals surface area contributed by atoms with Crippen LogP contribution in [0.25, 0.3) is 16.4 Å². The Balaban J connectivity index is 1.48. The third kappa shape index (κ3) is 3.66. The Morgan fingerprint density at radius 3 is 2.69 bits per heavy atom. The summed E-state index contributed by atoms with van der Waals surface area (Å²) in [5.74, 6) is 0. The van der Waals surface area contributed by atoms with Gasteiger partial charge >= 0.3 is 0 Å². The highest BCUT2D eigenvalue weighted by Crippen LogP contribution is 2.36. The summed E-state index contributed by atoms with van der Waals surface area (Å²) in [5.41, 5.74) is 2.63. The molecule has 1 saturated carbocycles. The fraction of sp³-hybridized carbons (Fsp3) is 0.250. The maximum atomic E-state index is 12.6. The number of aromatic nitrogens is 2. The molecule has 0 aliphatic heterocycles. The third-order valence-electron chi connectivity index (χ3n) is 5.79. The van der Waals surface area contributed by atoms with Crippen molar-refractivity contribution in [2.45, 2.75) is 38.4 Å². The van der Waals surface area contributed by atoms with Gasteiger partial charge in [-0.15, -0.1) is 0 Å². The monoisotopic (exact) mass is 403 g/mol. The van der Waals surface area contributed by atoms with Crippen molar-refractivity contribution >= 4 is 28.0 Å². The minimum Gasteiger partial charge on any atom is -0.288 e. The summed E-state index contributed by atoms with van der Waals surface area (Å²) in [6.45, 7) is 2.91. The Labute approximate surface area is 174 Å². The Morgan fingerprint density at radius 2 is 1.90 bits per heavy atom. The molecule has 5 rings (SSSR count). The van der Waals surface area contributed by atoms with Crippen molar-refractivity contribution in [1.82, 2.24) is 14.3 Å². The highest BCUT2D eigenvalue weighted by molar-refractivity contribution is 6.30. The second kappa shape index (κ2) is 7.29. The molecule has 0 spiro atoms. The molecule has 4 aromatic rings. The molecule has 146 valence electrons. The van der Waals surface area contributed by atoms with E-state index in [0.717, 1.165) is 5.69 Å². The average Bonchev–Trinajstić information content (AvgIpc) is 3.57. The van der Waals surface area contributed by atoms with Gasteiger partial charge in [-0.2, -0.15) is 0 Å². The van der Waals surface area contributed by atoms with Crippen molar-refractivity contribution in [3.05, 3.63) is 93.5 Å². The van der Waals surface area contributed by atoms with Crippen LogP contribution in [0, 0.1) is 0 Å². The molecule has 1 aliphatic carbocycles. The van der Waals surface area contributed by atoms with Gasteiger partial charge in [0, 0.05) is 30.9 Å². The number of rotatable bonds is 5. The van der Waals surface area contributed by atoms with Gasteiger partial charge in [-0.3, -0.25) is 14.1 Å². The maximum absolute atomic E-state index is 12.6. The lowest BCUT2D eigenvalue weighted by atomic mass is 10.0. The minimum absolute atomic E-state index is 0.0957. The number of fused-ring (bicyclic) bond motifs is 2. The molecule has 2 heterocycles. The second-order valence-electron chi connectivity index (χ2n) is 7.85. The summed E-state index contributed by atoms with van der Waals surface area (Å²) < 4.78 is 1.50. The largest absolute Gasteiger partial charge is 0.288 e. The van der Waals surface area contributed by atoms with E-state index in [1.807, 2.05) is 0 Å². The highest BCUT2D eigenvalue weighted by atomic mass is 35.5. The Hall–Kier alpha value is -2.69. The summed E-state index contributed by atoms with van der Waals surface area (Å²) in [6, 6.07) is 21.1. The molecule has 5 heteroatoms. The van der Waals surface area contributed by atoms with Crippen LogP contribution in [0.2, 0.25) is 5.02 Å². The first-order valence-electron chi connectivity index (χ1n) is 10.0. The molecule has 0 saturated heterocycles. The summed E-state index contributed by atoms with van der Waals surface area (Å²) in [4.78, 5) is 19.7. The van der Waals surface area contributed by atoms with Crippen molar-refractivity contribution in [1.29, 1.82) is 0 Å². The summed E-state index contributed by atoms with van der Waals surface area (Å²) >= 11 is 6.02. The van der Waals surface area contributed by atoms with Crippen molar-refractivity contribution in [2.75, 3.05) is 0 Å². The van der Waals surface area contributed by atoms with Gasteiger partial charge < -0.3 is 0 Å². The predicted molar refractivity (Wildman–Crippen MR) is 117 cm³/mol. The number of benzene rings is 2. The molecule has 4 nitrogen and oxygen atoms in total. The van der Waals surface area contributed by atoms with Crippen molar-refractivity contribution < 1.29 is 0 Å². The zero-order valence-corrected chi connectivity index (χ0v) is 17.0. The van der Waals surface area contributed by atoms with Crippen LogP contribution in [0.1, 0.15) is 37.1 Å². The first kappa shape index (κ1) is 18.3. The van der Waals surface area contributed by atoms with Gasteiger partial charge in [0.05, 0.1) is 10.7 Å². The minimum atomic E-state index is -0.0957. The first-order chi connectivity index (χ1) is 14.1. The van der Waals surface area contributed by atoms with Gasteiger partial charge in [-0.1, -0.05) is 48.0 Å². The van der Waals surface area contributed by atoms with E-state index in [1.54, 1.807) is 24.4 Å². The molecule has 1 unspecified atom stereocenters. The van der Waals surface area contributed by atoms with E-state index in [4.69, 9.17) is 16.6 Å². The number of pyridine rings is 1. The smallest absolute Gasteiger partial charge is 0.258 e. The standard InChI is InChI=1S/C24H22ClN3O/c1-16(18-7-6-17-4-2-3-5-19(17)12-18)27(22-9-10-22)15-21-13-24(29)28-14-20(25)8-11-23(28)26-21/h2-8,11-14,16,22H,9-10,15H2,1H3. The van der Waals surface area contributed by atoms with Crippen LogP contribution in [0.3, 0.4) is 0 Å². The predicted octanol–water partition coefficient (Wildman–Crippen LogP) is 5.23. The molecule has 1 fully saturated rings. The molecular weight excluding hydrogens is 382 g/mol. The van der Waals surface area contributed by atoms with Gasteiger partial charge in [0.1, 0.15) is 5.65 Å². The number of hydrogen-bond acceptors (Lipinski definition) is 3. The summed E-state index contributed by atoms with van der Waals surface area (Å²) in [7, 11) is 0. The fourth-order valence-corrected chi connectivity index (χ4v) is 4.20. The summed E-state index contributed by atoms with van der Waals surface area (Å²) in [5, 5.41) is 3.04. The van der Waals surface area contributed by atoms with Crippen LogP contribution >= 0.6 is 11.6 Å². The number of halogens is 1. The van der Waals surface area contributed by atoms with Gasteiger partial charge in [-0.05, 0) is 54.3 Å². The molecule has 2 aromatic heterocycles. The molecule has 1 aliphatic rings. The average molecular weight is 404 g/mol. The van der Waals surface area contributed by atoms with Crippen molar-refractivity contribution in [3.8, 4) is 0 Å². The molecule has 0 radical (unpaired) electrons. The van der Waals surface area contributed by atoms with Crippen molar-refractivity contribution in [3.63, 3.8) is 0 Å². The van der Waals surface area contributed by atoms with Crippen LogP contribution in [0.4, 0.5) is 0 Å². The molecular formula is C24H22ClN3O. The molecule has 0 N–H and O–H groups in total. The summed E-state index contributed by atoms with van der Waals surface area (Å²) in [6.07, 6.45) is 4.01. The Morgan fingerprint density at radius 1 is 1.10 bits per heavy atom. The molecule has 2 aromatic carbocycles. The van der Waals surface area contributed by atoms with Crippen LogP contribution in [-0.4, -0.2) is 20.3 Å². The normalized spacial score (nSPS) is 15.3. The molecule has 0 amide bonds. The molecule has 1 atom stereocenters. The molecule has 0 bridgehead atoms. The third-order valence-corrected chi connectivity index (χ3v) is 6.01. The Kier molecular flexibility index (Phi) is 4.61. The van der Waals surface area contributed by atoms with Gasteiger partial charge in [-0.25, -0.2) is 4.98 Å². The van der Waals surface area contributed by atoms with Crippen LogP contribution in [-0.2, 0) is 6.54 Å². The SMILES string of the molecule is CC(c1ccc2ccccc2c1)N(Cc1cc(=O)n2cc(Cl)ccc2n1)C1CC1. The van der Waals surface area contributed by atoms with E-state index in [0.29, 0.717) is 23.3 Å². The lowest BCUT2D eigenvalue weighted by molar-refractivity contribution is 0.188. The lowest BCUT2D eigenvalue weighted by Gasteiger charge is -2.29. The van der Waals surface area contributed by atoms with Crippen molar-refractivity contribution in [2.24, 2.45) is 0 Å². The number of nitrogens with zero attached hydrogens (tertiary/aromatic N) is 3. The fourth-order valence-electron chi connectivity index (χ4n) is 4.04. The second-order valence-corrected chi connectivity index (χ2v) is 8.28. The van der Waals surface area contributed by atoms with Gasteiger partial charge in [0.2, 0.25) is 0 Å². The van der Waals surface area contributed by atoms with Crippen LogP contribution in [0.5, 0.6) is 0 Å².